The third-order valence-corrected chi connectivity index (χ3v) is 5.98. The van der Waals surface area contributed by atoms with Crippen LogP contribution in [0.2, 0.25) is 5.02 Å². The minimum atomic E-state index is -0.567. The van der Waals surface area contributed by atoms with Gasteiger partial charge >= 0.3 is 0 Å². The van der Waals surface area contributed by atoms with E-state index in [1.54, 1.807) is 17.2 Å². The normalized spacial score (nSPS) is 18.9. The average molecular weight is 430 g/mol. The number of aromatic nitrogens is 3. The molecular formula is C20H17ClFN5O3. The molecule has 2 aliphatic heterocycles. The van der Waals surface area contributed by atoms with Gasteiger partial charge in [-0.1, -0.05) is 11.6 Å². The number of benzene rings is 1. The number of nitrogens with one attached hydrogen (secondary N) is 1. The van der Waals surface area contributed by atoms with Gasteiger partial charge in [0.05, 0.1) is 28.7 Å². The number of halogens is 2. The lowest BCUT2D eigenvalue weighted by Gasteiger charge is -2.29. The fourth-order valence-electron chi connectivity index (χ4n) is 4.14. The third kappa shape index (κ3) is 2.97. The highest BCUT2D eigenvalue weighted by Crippen LogP contribution is 2.30. The summed E-state index contributed by atoms with van der Waals surface area (Å²) < 4.78 is 14.8. The SMILES string of the molecule is O=C(C1CC(=O)N(c2ccc(F)c(Cl)c2)C1)N1CCc2nc3cc[nH]n3c(=O)c2C1. The lowest BCUT2D eigenvalue weighted by molar-refractivity contribution is -0.136. The van der Waals surface area contributed by atoms with Crippen LogP contribution in [-0.2, 0) is 22.6 Å². The molecule has 1 fully saturated rings. The maximum absolute atomic E-state index is 13.4. The predicted molar refractivity (Wildman–Crippen MR) is 107 cm³/mol. The van der Waals surface area contributed by atoms with E-state index in [2.05, 4.69) is 10.1 Å². The lowest BCUT2D eigenvalue weighted by atomic mass is 10.0. The summed E-state index contributed by atoms with van der Waals surface area (Å²) in [5.41, 5.74) is 1.98. The molecule has 0 bridgehead atoms. The largest absolute Gasteiger partial charge is 0.337 e. The topological polar surface area (TPSA) is 90.8 Å². The summed E-state index contributed by atoms with van der Waals surface area (Å²) in [5.74, 6) is -1.50. The first-order valence-electron chi connectivity index (χ1n) is 9.54. The van der Waals surface area contributed by atoms with Crippen LogP contribution in [0.1, 0.15) is 17.7 Å². The number of hydrogen-bond donors (Lipinski definition) is 1. The second kappa shape index (κ2) is 6.94. The van der Waals surface area contributed by atoms with Crippen molar-refractivity contribution in [2.24, 2.45) is 5.92 Å². The molecule has 1 aromatic carbocycles. The zero-order valence-corrected chi connectivity index (χ0v) is 16.5. The monoisotopic (exact) mass is 429 g/mol. The van der Waals surface area contributed by atoms with Gasteiger partial charge < -0.3 is 9.80 Å². The Bertz CT molecular complexity index is 1250. The van der Waals surface area contributed by atoms with Crippen LogP contribution in [0, 0.1) is 11.7 Å². The molecule has 8 nitrogen and oxygen atoms in total. The average Bonchev–Trinajstić information content (AvgIpc) is 3.36. The van der Waals surface area contributed by atoms with Crippen molar-refractivity contribution in [2.75, 3.05) is 18.0 Å². The van der Waals surface area contributed by atoms with E-state index in [1.165, 1.54) is 27.6 Å². The number of rotatable bonds is 2. The number of carbonyl (C=O) groups is 2. The molecule has 154 valence electrons. The Morgan fingerprint density at radius 3 is 2.90 bits per heavy atom. The zero-order chi connectivity index (χ0) is 21.0. The first kappa shape index (κ1) is 18.8. The number of amides is 2. The van der Waals surface area contributed by atoms with Crippen molar-refractivity contribution < 1.29 is 14.0 Å². The predicted octanol–water partition coefficient (Wildman–Crippen LogP) is 1.75. The number of carbonyl (C=O) groups excluding carboxylic acids is 2. The van der Waals surface area contributed by atoms with E-state index in [-0.39, 0.29) is 41.9 Å². The number of nitrogens with zero attached hydrogens (tertiary/aromatic N) is 4. The molecule has 10 heteroatoms. The second-order valence-electron chi connectivity index (χ2n) is 7.51. The van der Waals surface area contributed by atoms with E-state index in [4.69, 9.17) is 11.6 Å². The second-order valence-corrected chi connectivity index (χ2v) is 7.92. The van der Waals surface area contributed by atoms with Gasteiger partial charge in [0.1, 0.15) is 5.82 Å². The molecular weight excluding hydrogens is 413 g/mol. The van der Waals surface area contributed by atoms with Gasteiger partial charge in [0.15, 0.2) is 5.65 Å². The highest BCUT2D eigenvalue weighted by molar-refractivity contribution is 6.31. The van der Waals surface area contributed by atoms with E-state index in [9.17, 15) is 18.8 Å². The van der Waals surface area contributed by atoms with Crippen molar-refractivity contribution in [3.05, 3.63) is 62.9 Å². The maximum Gasteiger partial charge on any atom is 0.277 e. The molecule has 5 rings (SSSR count). The molecule has 0 saturated carbocycles. The van der Waals surface area contributed by atoms with Gasteiger partial charge in [0, 0.05) is 43.9 Å². The van der Waals surface area contributed by atoms with Gasteiger partial charge in [-0.05, 0) is 18.2 Å². The van der Waals surface area contributed by atoms with Crippen LogP contribution < -0.4 is 10.5 Å². The minimum absolute atomic E-state index is 0.0596. The van der Waals surface area contributed by atoms with Crippen molar-refractivity contribution in [1.29, 1.82) is 0 Å². The molecule has 2 amide bonds. The Labute approximate surface area is 174 Å². The van der Waals surface area contributed by atoms with Crippen LogP contribution in [-0.4, -0.2) is 44.4 Å². The Balaban J connectivity index is 1.36. The van der Waals surface area contributed by atoms with Gasteiger partial charge in [-0.2, -0.15) is 0 Å². The van der Waals surface area contributed by atoms with Crippen LogP contribution in [0.5, 0.6) is 0 Å². The summed E-state index contributed by atoms with van der Waals surface area (Å²) in [5, 5.41) is 2.75. The van der Waals surface area contributed by atoms with Crippen molar-refractivity contribution in [1.82, 2.24) is 19.5 Å². The molecule has 2 aliphatic rings. The smallest absolute Gasteiger partial charge is 0.277 e. The van der Waals surface area contributed by atoms with Gasteiger partial charge in [-0.3, -0.25) is 19.5 Å². The summed E-state index contributed by atoms with van der Waals surface area (Å²) in [6, 6.07) is 5.77. The molecule has 2 aromatic heterocycles. The fourth-order valence-corrected chi connectivity index (χ4v) is 4.31. The molecule has 1 unspecified atom stereocenters. The molecule has 1 N–H and O–H groups in total. The van der Waals surface area contributed by atoms with E-state index in [1.807, 2.05) is 0 Å². The van der Waals surface area contributed by atoms with Crippen molar-refractivity contribution in [3.8, 4) is 0 Å². The van der Waals surface area contributed by atoms with E-state index < -0.39 is 11.7 Å². The molecule has 1 saturated heterocycles. The standard InChI is InChI=1S/C20H17ClFN5O3/c21-14-8-12(1-2-15(14)22)26-9-11(7-18(26)28)19(29)25-6-4-16-13(10-25)20(30)27-17(24-16)3-5-23-27/h1-3,5,8,11,23H,4,6-7,9-10H2. The van der Waals surface area contributed by atoms with Crippen molar-refractivity contribution >= 4 is 34.7 Å². The highest BCUT2D eigenvalue weighted by atomic mass is 35.5. The molecule has 0 radical (unpaired) electrons. The summed E-state index contributed by atoms with van der Waals surface area (Å²) in [6.07, 6.45) is 2.18. The summed E-state index contributed by atoms with van der Waals surface area (Å²) in [6.45, 7) is 0.789. The first-order valence-corrected chi connectivity index (χ1v) is 9.92. The lowest BCUT2D eigenvalue weighted by Crippen LogP contribution is -2.43. The van der Waals surface area contributed by atoms with Crippen LogP contribution in [0.4, 0.5) is 10.1 Å². The Hall–Kier alpha value is -3.20. The number of H-pyrrole nitrogens is 1. The third-order valence-electron chi connectivity index (χ3n) is 5.69. The van der Waals surface area contributed by atoms with E-state index >= 15 is 0 Å². The van der Waals surface area contributed by atoms with Gasteiger partial charge in [0.2, 0.25) is 11.8 Å². The first-order chi connectivity index (χ1) is 14.4. The number of anilines is 1. The molecule has 1 atom stereocenters. The summed E-state index contributed by atoms with van der Waals surface area (Å²) in [4.78, 5) is 45.9. The van der Waals surface area contributed by atoms with Crippen molar-refractivity contribution in [3.63, 3.8) is 0 Å². The van der Waals surface area contributed by atoms with E-state index in [0.717, 1.165) is 0 Å². The van der Waals surface area contributed by atoms with Crippen LogP contribution in [0.15, 0.2) is 35.3 Å². The zero-order valence-electron chi connectivity index (χ0n) is 15.8. The Morgan fingerprint density at radius 1 is 1.27 bits per heavy atom. The number of fused-ring (bicyclic) bond motifs is 2. The molecule has 4 heterocycles. The fraction of sp³-hybridized carbons (Fsp3) is 0.300. The Morgan fingerprint density at radius 2 is 2.10 bits per heavy atom. The maximum atomic E-state index is 13.4. The summed E-state index contributed by atoms with van der Waals surface area (Å²) in [7, 11) is 0. The van der Waals surface area contributed by atoms with Crippen molar-refractivity contribution in [2.45, 2.75) is 19.4 Å². The van der Waals surface area contributed by atoms with Crippen LogP contribution in [0.25, 0.3) is 5.65 Å². The van der Waals surface area contributed by atoms with Crippen LogP contribution >= 0.6 is 11.6 Å². The number of aromatic amines is 1. The van der Waals surface area contributed by atoms with Gasteiger partial charge in [0.25, 0.3) is 5.56 Å². The highest BCUT2D eigenvalue weighted by Gasteiger charge is 2.38. The quantitative estimate of drug-likeness (QED) is 0.672. The minimum Gasteiger partial charge on any atom is -0.337 e. The molecule has 0 aliphatic carbocycles. The molecule has 30 heavy (non-hydrogen) atoms. The van der Waals surface area contributed by atoms with Gasteiger partial charge in [-0.15, -0.1) is 0 Å². The van der Waals surface area contributed by atoms with Gasteiger partial charge in [-0.25, -0.2) is 13.9 Å². The number of hydrogen-bond acceptors (Lipinski definition) is 4. The van der Waals surface area contributed by atoms with E-state index in [0.29, 0.717) is 35.6 Å². The Kier molecular flexibility index (Phi) is 4.35. The molecule has 0 spiro atoms. The van der Waals surface area contributed by atoms with Crippen LogP contribution in [0.3, 0.4) is 0 Å². The molecule has 3 aromatic rings. The summed E-state index contributed by atoms with van der Waals surface area (Å²) >= 11 is 5.83.